The molecule has 0 bridgehead atoms. The first-order valence-corrected chi connectivity index (χ1v) is 5.25. The molecule has 2 nitrogen and oxygen atoms in total. The molecule has 0 fully saturated rings. The summed E-state index contributed by atoms with van der Waals surface area (Å²) in [5.74, 6) is 0. The fourth-order valence-corrected chi connectivity index (χ4v) is 1.76. The van der Waals surface area contributed by atoms with E-state index in [1.807, 2.05) is 30.4 Å². The van der Waals surface area contributed by atoms with Crippen molar-refractivity contribution < 1.29 is 10.2 Å². The number of rotatable bonds is 1. The van der Waals surface area contributed by atoms with Crippen LogP contribution in [-0.4, -0.2) is 21.9 Å². The first-order chi connectivity index (χ1) is 7.07. The van der Waals surface area contributed by atoms with Crippen molar-refractivity contribution in [2.75, 3.05) is 0 Å². The largest absolute Gasteiger partial charge is 0.389 e. The Morgan fingerprint density at radius 1 is 1.27 bits per heavy atom. The number of allylic oxidation sites excluding steroid dienone is 4. The SMILES string of the molecule is CC1(O)C=CC(C2=CCC(O)C=C2)=CC1. The molecule has 2 unspecified atom stereocenters. The van der Waals surface area contributed by atoms with Crippen molar-refractivity contribution >= 4 is 0 Å². The zero-order valence-electron chi connectivity index (χ0n) is 8.85. The minimum atomic E-state index is -0.706. The maximum Gasteiger partial charge on any atom is 0.0837 e. The van der Waals surface area contributed by atoms with Gasteiger partial charge < -0.3 is 10.2 Å². The summed E-state index contributed by atoms with van der Waals surface area (Å²) < 4.78 is 0. The molecule has 2 N–H and O–H groups in total. The number of aliphatic hydroxyl groups excluding tert-OH is 1. The van der Waals surface area contributed by atoms with Gasteiger partial charge in [-0.15, -0.1) is 0 Å². The summed E-state index contributed by atoms with van der Waals surface area (Å²) in [5.41, 5.74) is 1.55. The molecule has 0 aromatic rings. The number of hydrogen-bond acceptors (Lipinski definition) is 2. The van der Waals surface area contributed by atoms with Crippen molar-refractivity contribution in [1.82, 2.24) is 0 Å². The quantitative estimate of drug-likeness (QED) is 0.684. The van der Waals surface area contributed by atoms with Crippen LogP contribution in [0.1, 0.15) is 19.8 Å². The van der Waals surface area contributed by atoms with E-state index in [1.54, 1.807) is 13.0 Å². The summed E-state index contributed by atoms with van der Waals surface area (Å²) in [5, 5.41) is 19.0. The summed E-state index contributed by atoms with van der Waals surface area (Å²) in [6.45, 7) is 1.80. The molecule has 2 atom stereocenters. The monoisotopic (exact) mass is 204 g/mol. The normalized spacial score (nSPS) is 35.0. The van der Waals surface area contributed by atoms with Gasteiger partial charge in [0.2, 0.25) is 0 Å². The fourth-order valence-electron chi connectivity index (χ4n) is 1.76. The van der Waals surface area contributed by atoms with Gasteiger partial charge in [-0.25, -0.2) is 0 Å². The van der Waals surface area contributed by atoms with Crippen LogP contribution in [0.2, 0.25) is 0 Å². The van der Waals surface area contributed by atoms with Crippen molar-refractivity contribution in [2.24, 2.45) is 0 Å². The Bertz CT molecular complexity index is 370. The van der Waals surface area contributed by atoms with E-state index in [-0.39, 0.29) is 6.10 Å². The standard InChI is InChI=1S/C13H16O2/c1-13(15)8-6-11(7-9-13)10-2-4-12(14)5-3-10/h2-4,6-8,12,14-15H,5,9H2,1H3. The smallest absolute Gasteiger partial charge is 0.0837 e. The first kappa shape index (κ1) is 10.4. The second-order valence-corrected chi connectivity index (χ2v) is 4.38. The molecule has 80 valence electrons. The molecule has 15 heavy (non-hydrogen) atoms. The van der Waals surface area contributed by atoms with Crippen LogP contribution in [0.15, 0.2) is 47.6 Å². The molecule has 0 radical (unpaired) electrons. The lowest BCUT2D eigenvalue weighted by molar-refractivity contribution is 0.114. The van der Waals surface area contributed by atoms with Gasteiger partial charge >= 0.3 is 0 Å². The average Bonchev–Trinajstić information content (AvgIpc) is 2.20. The zero-order valence-corrected chi connectivity index (χ0v) is 8.85. The van der Waals surface area contributed by atoms with E-state index in [0.29, 0.717) is 12.8 Å². The zero-order chi connectivity index (χ0) is 10.9. The van der Waals surface area contributed by atoms with Crippen molar-refractivity contribution in [3.8, 4) is 0 Å². The maximum absolute atomic E-state index is 9.72. The van der Waals surface area contributed by atoms with E-state index in [0.717, 1.165) is 11.1 Å². The molecule has 0 aromatic heterocycles. The summed E-state index contributed by atoms with van der Waals surface area (Å²) in [7, 11) is 0. The highest BCUT2D eigenvalue weighted by molar-refractivity contribution is 5.50. The van der Waals surface area contributed by atoms with Gasteiger partial charge in [0.05, 0.1) is 11.7 Å². The van der Waals surface area contributed by atoms with E-state index in [9.17, 15) is 10.2 Å². The Hall–Kier alpha value is -1.12. The van der Waals surface area contributed by atoms with Gasteiger partial charge in [-0.3, -0.25) is 0 Å². The molecule has 0 saturated carbocycles. The van der Waals surface area contributed by atoms with E-state index in [1.165, 1.54) is 0 Å². The van der Waals surface area contributed by atoms with Crippen molar-refractivity contribution in [3.05, 3.63) is 47.6 Å². The molecule has 2 heteroatoms. The van der Waals surface area contributed by atoms with Crippen LogP contribution in [-0.2, 0) is 0 Å². The Labute approximate surface area is 89.9 Å². The Balaban J connectivity index is 2.12. The molecule has 0 spiro atoms. The van der Waals surface area contributed by atoms with Gasteiger partial charge in [0, 0.05) is 0 Å². The minimum Gasteiger partial charge on any atom is -0.389 e. The third-order valence-corrected chi connectivity index (χ3v) is 2.77. The molecule has 2 rings (SSSR count). The van der Waals surface area contributed by atoms with E-state index in [4.69, 9.17) is 0 Å². The third kappa shape index (κ3) is 2.46. The van der Waals surface area contributed by atoms with Crippen molar-refractivity contribution in [3.63, 3.8) is 0 Å². The predicted molar refractivity (Wildman–Crippen MR) is 60.3 cm³/mol. The predicted octanol–water partition coefficient (Wildman–Crippen LogP) is 1.87. The van der Waals surface area contributed by atoms with Gasteiger partial charge in [0.15, 0.2) is 0 Å². The summed E-state index contributed by atoms with van der Waals surface area (Å²) in [4.78, 5) is 0. The molecule has 0 aliphatic heterocycles. The highest BCUT2D eigenvalue weighted by Crippen LogP contribution is 2.26. The second kappa shape index (κ2) is 3.80. The van der Waals surface area contributed by atoms with Crippen LogP contribution in [0.5, 0.6) is 0 Å². The Morgan fingerprint density at radius 3 is 2.53 bits per heavy atom. The lowest BCUT2D eigenvalue weighted by Crippen LogP contribution is -2.21. The lowest BCUT2D eigenvalue weighted by atomic mass is 9.89. The Morgan fingerprint density at radius 2 is 2.00 bits per heavy atom. The Kier molecular flexibility index (Phi) is 2.63. The highest BCUT2D eigenvalue weighted by Gasteiger charge is 2.19. The fraction of sp³-hybridized carbons (Fsp3) is 0.385. The lowest BCUT2D eigenvalue weighted by Gasteiger charge is -2.22. The second-order valence-electron chi connectivity index (χ2n) is 4.38. The average molecular weight is 204 g/mol. The molecule has 0 aromatic carbocycles. The van der Waals surface area contributed by atoms with Gasteiger partial charge in [0.25, 0.3) is 0 Å². The topological polar surface area (TPSA) is 40.5 Å². The minimum absolute atomic E-state index is 0.343. The first-order valence-electron chi connectivity index (χ1n) is 5.25. The molecule has 2 aliphatic carbocycles. The summed E-state index contributed by atoms with van der Waals surface area (Å²) in [6.07, 6.45) is 12.5. The number of aliphatic hydroxyl groups is 2. The van der Waals surface area contributed by atoms with Crippen LogP contribution < -0.4 is 0 Å². The molecule has 0 saturated heterocycles. The van der Waals surface area contributed by atoms with Gasteiger partial charge in [-0.2, -0.15) is 0 Å². The van der Waals surface area contributed by atoms with E-state index >= 15 is 0 Å². The maximum atomic E-state index is 9.72. The van der Waals surface area contributed by atoms with Crippen LogP contribution in [0.3, 0.4) is 0 Å². The highest BCUT2D eigenvalue weighted by atomic mass is 16.3. The van der Waals surface area contributed by atoms with Crippen LogP contribution in [0, 0.1) is 0 Å². The van der Waals surface area contributed by atoms with Gasteiger partial charge in [-0.05, 0) is 30.9 Å². The number of hydrogen-bond donors (Lipinski definition) is 2. The van der Waals surface area contributed by atoms with Crippen LogP contribution >= 0.6 is 0 Å². The molecule has 2 aliphatic rings. The van der Waals surface area contributed by atoms with Gasteiger partial charge in [0.1, 0.15) is 0 Å². The third-order valence-electron chi connectivity index (χ3n) is 2.77. The molecule has 0 amide bonds. The van der Waals surface area contributed by atoms with E-state index < -0.39 is 5.60 Å². The van der Waals surface area contributed by atoms with E-state index in [2.05, 4.69) is 0 Å². The molecule has 0 heterocycles. The van der Waals surface area contributed by atoms with Gasteiger partial charge in [-0.1, -0.05) is 36.5 Å². The molecular weight excluding hydrogens is 188 g/mol. The van der Waals surface area contributed by atoms with Crippen LogP contribution in [0.4, 0.5) is 0 Å². The van der Waals surface area contributed by atoms with Crippen molar-refractivity contribution in [1.29, 1.82) is 0 Å². The summed E-state index contributed by atoms with van der Waals surface area (Å²) in [6, 6.07) is 0. The summed E-state index contributed by atoms with van der Waals surface area (Å²) >= 11 is 0. The van der Waals surface area contributed by atoms with Crippen molar-refractivity contribution in [2.45, 2.75) is 31.5 Å². The molecular formula is C13H16O2. The van der Waals surface area contributed by atoms with Crippen LogP contribution in [0.25, 0.3) is 0 Å².